The molecule has 0 saturated carbocycles. The number of aromatic nitrogens is 3. The molecule has 2 aliphatic rings. The van der Waals surface area contributed by atoms with Crippen LogP contribution in [0, 0.1) is 0 Å². The molecule has 5 rings (SSSR count). The first-order valence-electron chi connectivity index (χ1n) is 10.6. The Morgan fingerprint density at radius 2 is 1.70 bits per heavy atom. The van der Waals surface area contributed by atoms with Gasteiger partial charge in [-0.15, -0.1) is 5.10 Å². The zero-order valence-corrected chi connectivity index (χ0v) is 18.7. The summed E-state index contributed by atoms with van der Waals surface area (Å²) in [5.41, 5.74) is 9.37. The topological polar surface area (TPSA) is 114 Å². The molecule has 1 aliphatic carbocycles. The first-order chi connectivity index (χ1) is 16.0. The molecule has 9 heteroatoms. The predicted octanol–water partition coefficient (Wildman–Crippen LogP) is 3.30. The molecule has 3 aromatic rings. The predicted molar refractivity (Wildman–Crippen MR) is 123 cm³/mol. The Labute approximate surface area is 191 Å². The number of hydrogen-bond donors (Lipinski definition) is 2. The van der Waals surface area contributed by atoms with Crippen molar-refractivity contribution in [1.82, 2.24) is 14.8 Å². The van der Waals surface area contributed by atoms with E-state index in [0.717, 1.165) is 22.6 Å². The molecule has 1 aliphatic heterocycles. The zero-order valence-electron chi connectivity index (χ0n) is 18.7. The molecule has 0 radical (unpaired) electrons. The lowest BCUT2D eigenvalue weighted by molar-refractivity contribution is -0.116. The number of nitrogens with zero attached hydrogens (tertiary/aromatic N) is 3. The summed E-state index contributed by atoms with van der Waals surface area (Å²) in [6, 6.07) is 13.0. The maximum atomic E-state index is 13.5. The van der Waals surface area contributed by atoms with Crippen LogP contribution in [-0.2, 0) is 4.79 Å². The van der Waals surface area contributed by atoms with Crippen LogP contribution in [0.4, 0.5) is 11.9 Å². The van der Waals surface area contributed by atoms with Crippen molar-refractivity contribution in [1.29, 1.82) is 0 Å². The number of carbonyl (C=O) groups is 1. The molecule has 9 nitrogen and oxygen atoms in total. The number of nitrogen functional groups attached to an aromatic ring is 1. The summed E-state index contributed by atoms with van der Waals surface area (Å²) in [7, 11) is 4.83. The van der Waals surface area contributed by atoms with Gasteiger partial charge >= 0.3 is 0 Å². The van der Waals surface area contributed by atoms with E-state index in [9.17, 15) is 4.79 Å². The number of carbonyl (C=O) groups excluding carboxylic acids is 1. The average Bonchev–Trinajstić information content (AvgIpc) is 3.21. The molecular formula is C24H25N5O4. The lowest BCUT2D eigenvalue weighted by atomic mass is 9.78. The van der Waals surface area contributed by atoms with Crippen molar-refractivity contribution >= 4 is 17.7 Å². The van der Waals surface area contributed by atoms with Gasteiger partial charge in [-0.3, -0.25) is 4.79 Å². The van der Waals surface area contributed by atoms with Gasteiger partial charge in [0.2, 0.25) is 11.9 Å². The van der Waals surface area contributed by atoms with Crippen molar-refractivity contribution in [3.63, 3.8) is 0 Å². The van der Waals surface area contributed by atoms with Crippen LogP contribution in [0.1, 0.15) is 35.9 Å². The van der Waals surface area contributed by atoms with Crippen LogP contribution in [0.25, 0.3) is 0 Å². The number of allylic oxidation sites excluding steroid dienone is 2. The first-order valence-corrected chi connectivity index (χ1v) is 10.6. The minimum Gasteiger partial charge on any atom is -0.497 e. The van der Waals surface area contributed by atoms with Gasteiger partial charge in [-0.1, -0.05) is 18.2 Å². The van der Waals surface area contributed by atoms with Crippen LogP contribution in [0.5, 0.6) is 17.2 Å². The Kier molecular flexibility index (Phi) is 5.16. The molecule has 2 aromatic carbocycles. The fraction of sp³-hybridized carbons (Fsp3) is 0.292. The van der Waals surface area contributed by atoms with E-state index in [1.165, 1.54) is 0 Å². The molecule has 2 atom stereocenters. The van der Waals surface area contributed by atoms with E-state index in [1.54, 1.807) is 26.0 Å². The van der Waals surface area contributed by atoms with Gasteiger partial charge in [-0.25, -0.2) is 4.68 Å². The Hall–Kier alpha value is -4.01. The molecule has 0 saturated heterocycles. The molecule has 0 bridgehead atoms. The van der Waals surface area contributed by atoms with Crippen molar-refractivity contribution in [3.05, 3.63) is 64.9 Å². The van der Waals surface area contributed by atoms with Crippen LogP contribution < -0.4 is 25.3 Å². The van der Waals surface area contributed by atoms with Gasteiger partial charge in [0.1, 0.15) is 11.8 Å². The second-order valence-electron chi connectivity index (χ2n) is 8.07. The number of rotatable bonds is 5. The number of methoxy groups -OCH3 is 3. The summed E-state index contributed by atoms with van der Waals surface area (Å²) < 4.78 is 17.8. The maximum absolute atomic E-state index is 13.5. The third kappa shape index (κ3) is 3.55. The summed E-state index contributed by atoms with van der Waals surface area (Å²) in [6.07, 6.45) is 1.03. The van der Waals surface area contributed by atoms with Crippen molar-refractivity contribution in [3.8, 4) is 17.2 Å². The summed E-state index contributed by atoms with van der Waals surface area (Å²) >= 11 is 0. The molecule has 0 fully saturated rings. The average molecular weight is 447 g/mol. The van der Waals surface area contributed by atoms with Gasteiger partial charge in [0, 0.05) is 17.7 Å². The van der Waals surface area contributed by atoms with Crippen molar-refractivity contribution in [2.24, 2.45) is 0 Å². The second kappa shape index (κ2) is 8.16. The quantitative estimate of drug-likeness (QED) is 0.613. The van der Waals surface area contributed by atoms with Crippen LogP contribution in [0.2, 0.25) is 0 Å². The maximum Gasteiger partial charge on any atom is 0.241 e. The fourth-order valence-corrected chi connectivity index (χ4v) is 4.67. The summed E-state index contributed by atoms with van der Waals surface area (Å²) in [6.45, 7) is 0. The largest absolute Gasteiger partial charge is 0.497 e. The zero-order chi connectivity index (χ0) is 23.1. The number of ketones is 1. The Morgan fingerprint density at radius 1 is 0.970 bits per heavy atom. The Morgan fingerprint density at radius 3 is 2.39 bits per heavy atom. The van der Waals surface area contributed by atoms with Crippen LogP contribution in [-0.4, -0.2) is 41.9 Å². The fourth-order valence-electron chi connectivity index (χ4n) is 4.67. The van der Waals surface area contributed by atoms with E-state index < -0.39 is 6.04 Å². The van der Waals surface area contributed by atoms with Gasteiger partial charge in [0.05, 0.1) is 21.3 Å². The summed E-state index contributed by atoms with van der Waals surface area (Å²) in [4.78, 5) is 17.9. The molecule has 3 N–H and O–H groups in total. The number of anilines is 2. The molecule has 0 amide bonds. The molecule has 170 valence electrons. The van der Waals surface area contributed by atoms with Crippen LogP contribution >= 0.6 is 0 Å². The van der Waals surface area contributed by atoms with Crippen LogP contribution in [0.15, 0.2) is 53.7 Å². The highest BCUT2D eigenvalue weighted by molar-refractivity contribution is 6.00. The molecule has 0 unspecified atom stereocenters. The van der Waals surface area contributed by atoms with E-state index in [1.807, 2.05) is 42.5 Å². The number of ether oxygens (including phenoxy) is 3. The molecule has 2 heterocycles. The molecule has 1 aromatic heterocycles. The van der Waals surface area contributed by atoms with E-state index in [2.05, 4.69) is 15.4 Å². The van der Waals surface area contributed by atoms with E-state index >= 15 is 0 Å². The minimum absolute atomic E-state index is 0.00751. The van der Waals surface area contributed by atoms with Gasteiger partial charge in [0.25, 0.3) is 0 Å². The van der Waals surface area contributed by atoms with Gasteiger partial charge in [0.15, 0.2) is 17.3 Å². The van der Waals surface area contributed by atoms with E-state index in [-0.39, 0.29) is 17.6 Å². The third-order valence-electron chi connectivity index (χ3n) is 6.25. The number of benzene rings is 2. The first kappa shape index (κ1) is 20.9. The number of hydrogen-bond acceptors (Lipinski definition) is 8. The van der Waals surface area contributed by atoms with Crippen molar-refractivity contribution in [2.45, 2.75) is 24.8 Å². The third-order valence-corrected chi connectivity index (χ3v) is 6.25. The van der Waals surface area contributed by atoms with E-state index in [0.29, 0.717) is 35.9 Å². The van der Waals surface area contributed by atoms with Gasteiger partial charge < -0.3 is 25.3 Å². The highest BCUT2D eigenvalue weighted by atomic mass is 16.5. The number of nitrogens with one attached hydrogen (secondary N) is 1. The SMILES string of the molecule is COc1ccc([C@H]2C3=C(C[C@H](c4ccc(OC)c(OC)c4)CC3=O)Nc3nc(N)nn32)cc1. The highest BCUT2D eigenvalue weighted by Crippen LogP contribution is 2.45. The standard InChI is InChI=1S/C24H25N5O4/c1-31-16-7-4-13(5-8-16)22-21-17(26-24-27-23(25)28-29(22)24)10-15(11-18(21)30)14-6-9-19(32-2)20(12-14)33-3/h4-9,12,15,22H,10-11H2,1-3H3,(H3,25,26,27,28)/t15-,22-/m0/s1. The van der Waals surface area contributed by atoms with E-state index in [4.69, 9.17) is 19.9 Å². The van der Waals surface area contributed by atoms with Gasteiger partial charge in [-0.2, -0.15) is 4.98 Å². The number of Topliss-reactive ketones (excluding diaryl/α,β-unsaturated/α-hetero) is 1. The molecular weight excluding hydrogens is 422 g/mol. The number of fused-ring (bicyclic) bond motifs is 1. The monoisotopic (exact) mass is 447 g/mol. The molecule has 33 heavy (non-hydrogen) atoms. The Bertz CT molecular complexity index is 1250. The second-order valence-corrected chi connectivity index (χ2v) is 8.07. The normalized spacial score (nSPS) is 19.4. The van der Waals surface area contributed by atoms with Gasteiger partial charge in [-0.05, 0) is 47.7 Å². The minimum atomic E-state index is -0.411. The smallest absolute Gasteiger partial charge is 0.241 e. The number of nitrogens with two attached hydrogens (primary N) is 1. The van der Waals surface area contributed by atoms with Crippen molar-refractivity contribution < 1.29 is 19.0 Å². The highest BCUT2D eigenvalue weighted by Gasteiger charge is 2.39. The summed E-state index contributed by atoms with van der Waals surface area (Å²) in [5, 5.41) is 7.68. The summed E-state index contributed by atoms with van der Waals surface area (Å²) in [5.74, 6) is 2.76. The van der Waals surface area contributed by atoms with Crippen molar-refractivity contribution in [2.75, 3.05) is 32.4 Å². The molecule has 0 spiro atoms. The van der Waals surface area contributed by atoms with Crippen LogP contribution in [0.3, 0.4) is 0 Å². The Balaban J connectivity index is 1.56. The lowest BCUT2D eigenvalue weighted by Gasteiger charge is -2.35. The lowest BCUT2D eigenvalue weighted by Crippen LogP contribution is -2.33.